The number of aromatic nitrogens is 2. The second-order valence-corrected chi connectivity index (χ2v) is 9.33. The van der Waals surface area contributed by atoms with Gasteiger partial charge in [0.15, 0.2) is 5.69 Å². The molecule has 7 heteroatoms. The molecule has 5 rings (SSSR count). The van der Waals surface area contributed by atoms with Crippen molar-refractivity contribution >= 4 is 17.5 Å². The van der Waals surface area contributed by atoms with Crippen LogP contribution >= 0.6 is 0 Å². The molecule has 3 aromatic rings. The number of aryl methyl sites for hydroxylation is 1. The molecule has 2 aromatic carbocycles. The third-order valence-corrected chi connectivity index (χ3v) is 6.88. The monoisotopic (exact) mass is 457 g/mol. The third kappa shape index (κ3) is 4.89. The van der Waals surface area contributed by atoms with E-state index in [-0.39, 0.29) is 11.8 Å². The Kier molecular flexibility index (Phi) is 6.45. The van der Waals surface area contributed by atoms with Crippen molar-refractivity contribution < 1.29 is 9.59 Å². The lowest BCUT2D eigenvalue weighted by molar-refractivity contribution is 0.0937. The maximum absolute atomic E-state index is 12.9. The number of rotatable bonds is 6. The van der Waals surface area contributed by atoms with Crippen molar-refractivity contribution in [2.24, 2.45) is 7.05 Å². The maximum atomic E-state index is 12.9. The summed E-state index contributed by atoms with van der Waals surface area (Å²) in [6, 6.07) is 17.7. The van der Waals surface area contributed by atoms with Crippen molar-refractivity contribution in [3.8, 4) is 0 Å². The number of amides is 2. The highest BCUT2D eigenvalue weighted by atomic mass is 16.2. The molecular weight excluding hydrogens is 426 g/mol. The lowest BCUT2D eigenvalue weighted by Crippen LogP contribution is -2.32. The van der Waals surface area contributed by atoms with Crippen molar-refractivity contribution in [1.29, 1.82) is 0 Å². The molecule has 0 bridgehead atoms. The molecule has 1 saturated carbocycles. The second-order valence-electron chi connectivity index (χ2n) is 9.33. The van der Waals surface area contributed by atoms with Crippen molar-refractivity contribution in [1.82, 2.24) is 20.0 Å². The van der Waals surface area contributed by atoms with E-state index in [4.69, 9.17) is 0 Å². The highest BCUT2D eigenvalue weighted by Gasteiger charge is 2.27. The van der Waals surface area contributed by atoms with E-state index in [2.05, 4.69) is 20.6 Å². The molecule has 1 fully saturated rings. The van der Waals surface area contributed by atoms with Gasteiger partial charge in [-0.2, -0.15) is 5.10 Å². The largest absolute Gasteiger partial charge is 0.349 e. The predicted octanol–water partition coefficient (Wildman–Crippen LogP) is 3.90. The van der Waals surface area contributed by atoms with Gasteiger partial charge in [-0.25, -0.2) is 0 Å². The minimum Gasteiger partial charge on any atom is -0.349 e. The Morgan fingerprint density at radius 2 is 1.74 bits per heavy atom. The predicted molar refractivity (Wildman–Crippen MR) is 132 cm³/mol. The Labute approximate surface area is 200 Å². The van der Waals surface area contributed by atoms with Crippen LogP contribution in [0.1, 0.15) is 63.4 Å². The van der Waals surface area contributed by atoms with E-state index in [1.165, 1.54) is 12.8 Å². The fourth-order valence-corrected chi connectivity index (χ4v) is 5.04. The van der Waals surface area contributed by atoms with Gasteiger partial charge in [-0.15, -0.1) is 0 Å². The van der Waals surface area contributed by atoms with E-state index >= 15 is 0 Å². The van der Waals surface area contributed by atoms with Crippen LogP contribution in [0.5, 0.6) is 0 Å². The van der Waals surface area contributed by atoms with Gasteiger partial charge >= 0.3 is 0 Å². The first-order chi connectivity index (χ1) is 16.6. The molecule has 2 N–H and O–H groups in total. The van der Waals surface area contributed by atoms with E-state index in [9.17, 15) is 9.59 Å². The van der Waals surface area contributed by atoms with Crippen molar-refractivity contribution in [2.45, 2.75) is 51.2 Å². The summed E-state index contributed by atoms with van der Waals surface area (Å²) < 4.78 is 1.84. The quantitative estimate of drug-likeness (QED) is 0.588. The molecular formula is C27H31N5O2. The molecule has 7 nitrogen and oxygen atoms in total. The summed E-state index contributed by atoms with van der Waals surface area (Å²) in [5, 5.41) is 10.6. The van der Waals surface area contributed by atoms with Crippen LogP contribution in [0.15, 0.2) is 54.6 Å². The molecule has 2 amide bonds. The average molecular weight is 458 g/mol. The van der Waals surface area contributed by atoms with Gasteiger partial charge < -0.3 is 10.6 Å². The summed E-state index contributed by atoms with van der Waals surface area (Å²) in [5.41, 5.74) is 5.23. The zero-order chi connectivity index (χ0) is 23.5. The lowest BCUT2D eigenvalue weighted by atomic mass is 10.0. The van der Waals surface area contributed by atoms with Crippen LogP contribution in [0.4, 0.5) is 5.69 Å². The SMILES string of the molecule is Cn1nc(C(=O)Nc2ccccc2)c2c1CCN(Cc1ccc(C(=O)NC3CCCC3)cc1)C2. The van der Waals surface area contributed by atoms with E-state index in [1.807, 2.05) is 66.3 Å². The fourth-order valence-electron chi connectivity index (χ4n) is 5.04. The summed E-state index contributed by atoms with van der Waals surface area (Å²) >= 11 is 0. The summed E-state index contributed by atoms with van der Waals surface area (Å²) in [7, 11) is 1.91. The van der Waals surface area contributed by atoms with Gasteiger partial charge in [-0.1, -0.05) is 43.2 Å². The number of hydrogen-bond donors (Lipinski definition) is 2. The molecule has 0 saturated heterocycles. The summed E-state index contributed by atoms with van der Waals surface area (Å²) in [5.74, 6) is -0.159. The van der Waals surface area contributed by atoms with Gasteiger partial charge in [0.1, 0.15) is 0 Å². The van der Waals surface area contributed by atoms with Gasteiger partial charge in [0.25, 0.3) is 11.8 Å². The smallest absolute Gasteiger partial charge is 0.276 e. The first kappa shape index (κ1) is 22.3. The Hall–Kier alpha value is -3.45. The number of hydrogen-bond acceptors (Lipinski definition) is 4. The number of anilines is 1. The molecule has 2 aliphatic rings. The van der Waals surface area contributed by atoms with Crippen LogP contribution in [-0.2, 0) is 26.6 Å². The van der Waals surface area contributed by atoms with E-state index in [0.717, 1.165) is 54.9 Å². The molecule has 176 valence electrons. The van der Waals surface area contributed by atoms with Crippen LogP contribution in [0.2, 0.25) is 0 Å². The van der Waals surface area contributed by atoms with Gasteiger partial charge in [-0.05, 0) is 42.7 Å². The molecule has 0 unspecified atom stereocenters. The summed E-state index contributed by atoms with van der Waals surface area (Å²) in [6.07, 6.45) is 5.42. The third-order valence-electron chi connectivity index (χ3n) is 6.88. The van der Waals surface area contributed by atoms with Crippen LogP contribution in [0.3, 0.4) is 0 Å². The Bertz CT molecular complexity index is 1160. The fraction of sp³-hybridized carbons (Fsp3) is 0.370. The highest BCUT2D eigenvalue weighted by molar-refractivity contribution is 6.04. The maximum Gasteiger partial charge on any atom is 0.276 e. The second kappa shape index (κ2) is 9.81. The number of nitrogens with one attached hydrogen (secondary N) is 2. The Balaban J connectivity index is 1.24. The zero-order valence-corrected chi connectivity index (χ0v) is 19.6. The van der Waals surface area contributed by atoms with Crippen molar-refractivity contribution in [3.63, 3.8) is 0 Å². The lowest BCUT2D eigenvalue weighted by Gasteiger charge is -2.27. The first-order valence-corrected chi connectivity index (χ1v) is 12.1. The van der Waals surface area contributed by atoms with Gasteiger partial charge in [0, 0.05) is 61.7 Å². The molecule has 0 atom stereocenters. The van der Waals surface area contributed by atoms with E-state index in [1.54, 1.807) is 0 Å². The summed E-state index contributed by atoms with van der Waals surface area (Å²) in [6.45, 7) is 2.33. The molecule has 2 heterocycles. The molecule has 0 radical (unpaired) electrons. The Morgan fingerprint density at radius 3 is 2.47 bits per heavy atom. The first-order valence-electron chi connectivity index (χ1n) is 12.1. The Morgan fingerprint density at radius 1 is 1.00 bits per heavy atom. The average Bonchev–Trinajstić information content (AvgIpc) is 3.48. The van der Waals surface area contributed by atoms with Crippen molar-refractivity contribution in [2.75, 3.05) is 11.9 Å². The van der Waals surface area contributed by atoms with Crippen molar-refractivity contribution in [3.05, 3.63) is 82.7 Å². The normalized spacial score (nSPS) is 16.3. The minimum atomic E-state index is -0.178. The van der Waals surface area contributed by atoms with Gasteiger partial charge in [-0.3, -0.25) is 19.2 Å². The van der Waals surface area contributed by atoms with Crippen LogP contribution < -0.4 is 10.6 Å². The zero-order valence-electron chi connectivity index (χ0n) is 19.6. The highest BCUT2D eigenvalue weighted by Crippen LogP contribution is 2.25. The standard InChI is InChI=1S/C27H31N5O2/c1-31-24-15-16-32(18-23(24)25(30-31)27(34)29-22-7-3-2-4-8-22)17-19-11-13-20(14-12-19)26(33)28-21-9-5-6-10-21/h2-4,7-8,11-14,21H,5-6,9-10,15-18H2,1H3,(H,28,33)(H,29,34). The van der Waals surface area contributed by atoms with Crippen LogP contribution in [0, 0.1) is 0 Å². The number of nitrogens with zero attached hydrogens (tertiary/aromatic N) is 3. The van der Waals surface area contributed by atoms with E-state index < -0.39 is 0 Å². The number of carbonyl (C=O) groups excluding carboxylic acids is 2. The number of fused-ring (bicyclic) bond motifs is 1. The topological polar surface area (TPSA) is 79.3 Å². The van der Waals surface area contributed by atoms with Gasteiger partial charge in [0.2, 0.25) is 0 Å². The molecule has 34 heavy (non-hydrogen) atoms. The number of carbonyl (C=O) groups is 2. The molecule has 1 aliphatic heterocycles. The van der Waals surface area contributed by atoms with Gasteiger partial charge in [0.05, 0.1) is 0 Å². The van der Waals surface area contributed by atoms with Crippen LogP contribution in [-0.4, -0.2) is 39.1 Å². The van der Waals surface area contributed by atoms with Crippen LogP contribution in [0.25, 0.3) is 0 Å². The summed E-state index contributed by atoms with van der Waals surface area (Å²) in [4.78, 5) is 27.8. The van der Waals surface area contributed by atoms with E-state index in [0.29, 0.717) is 23.8 Å². The number of para-hydroxylation sites is 1. The number of benzene rings is 2. The molecule has 0 spiro atoms. The minimum absolute atomic E-state index is 0.0190. The molecule has 1 aromatic heterocycles. The molecule has 1 aliphatic carbocycles.